The second kappa shape index (κ2) is 15.6. The molecule has 0 spiro atoms. The Hall–Kier alpha value is -1.72. The van der Waals surface area contributed by atoms with Gasteiger partial charge in [0.2, 0.25) is 0 Å². The van der Waals surface area contributed by atoms with Gasteiger partial charge in [-0.15, -0.1) is 0 Å². The Morgan fingerprint density at radius 3 is 2.05 bits per heavy atom. The monoisotopic (exact) mass is 586 g/mol. The fraction of sp³-hybridized carbons (Fsp3) is 0.484. The van der Waals surface area contributed by atoms with Crippen molar-refractivity contribution in [2.75, 3.05) is 20.5 Å². The highest BCUT2D eigenvalue weighted by molar-refractivity contribution is 9.12. The minimum absolute atomic E-state index is 0.0492. The van der Waals surface area contributed by atoms with Crippen LogP contribution in [-0.4, -0.2) is 46.1 Å². The third-order valence-corrected chi connectivity index (χ3v) is 12.1. The fourth-order valence-corrected chi connectivity index (χ4v) is 9.99. The lowest BCUT2D eigenvalue weighted by molar-refractivity contribution is -0.0706. The first-order valence-corrected chi connectivity index (χ1v) is 15.7. The zero-order valence-corrected chi connectivity index (χ0v) is 25.8. The Morgan fingerprint density at radius 2 is 1.59 bits per heavy atom. The van der Waals surface area contributed by atoms with E-state index in [2.05, 4.69) is 121 Å². The van der Waals surface area contributed by atoms with Crippen molar-refractivity contribution in [1.29, 1.82) is 0 Å². The van der Waals surface area contributed by atoms with Gasteiger partial charge in [0.05, 0.1) is 12.7 Å². The molecule has 4 nitrogen and oxygen atoms in total. The van der Waals surface area contributed by atoms with E-state index in [0.717, 1.165) is 24.8 Å². The molecule has 37 heavy (non-hydrogen) atoms. The summed E-state index contributed by atoms with van der Waals surface area (Å²) in [6.07, 6.45) is 4.53. The molecule has 6 heteroatoms. The molecular weight excluding hydrogens is 544 g/mol. The van der Waals surface area contributed by atoms with Crippen LogP contribution in [0.2, 0.25) is 5.04 Å². The molecule has 0 amide bonds. The number of hydrogen-bond donors (Lipinski definition) is 1. The van der Waals surface area contributed by atoms with Crippen molar-refractivity contribution >= 4 is 34.6 Å². The van der Waals surface area contributed by atoms with Crippen LogP contribution in [0, 0.1) is 16.7 Å². The molecule has 0 bridgehead atoms. The van der Waals surface area contributed by atoms with Crippen LogP contribution in [0.3, 0.4) is 0 Å². The fourth-order valence-electron chi connectivity index (χ4n) is 4.89. The Labute approximate surface area is 233 Å². The van der Waals surface area contributed by atoms with Crippen LogP contribution in [0.5, 0.6) is 0 Å². The van der Waals surface area contributed by atoms with E-state index in [4.69, 9.17) is 13.9 Å². The van der Waals surface area contributed by atoms with Crippen molar-refractivity contribution < 1.29 is 19.0 Å². The third-order valence-electron chi connectivity index (χ3n) is 6.67. The molecule has 0 fully saturated rings. The average Bonchev–Trinajstić information content (AvgIpc) is 2.89. The van der Waals surface area contributed by atoms with Crippen LogP contribution in [0.25, 0.3) is 0 Å². The Bertz CT molecular complexity index is 969. The van der Waals surface area contributed by atoms with Gasteiger partial charge in [-0.1, -0.05) is 93.4 Å². The second-order valence-corrected chi connectivity index (χ2v) is 15.1. The molecule has 2 aromatic carbocycles. The maximum atomic E-state index is 10.0. The minimum atomic E-state index is -2.57. The predicted octanol–water partition coefficient (Wildman–Crippen LogP) is 6.02. The van der Waals surface area contributed by atoms with Crippen molar-refractivity contribution in [3.05, 3.63) is 72.3 Å². The van der Waals surface area contributed by atoms with E-state index in [0.29, 0.717) is 0 Å². The Balaban J connectivity index is 2.21. The molecule has 1 N–H and O–H groups in total. The van der Waals surface area contributed by atoms with Crippen molar-refractivity contribution in [2.45, 2.75) is 71.1 Å². The molecule has 0 unspecified atom stereocenters. The topological polar surface area (TPSA) is 47.9 Å². The van der Waals surface area contributed by atoms with Gasteiger partial charge >= 0.3 is 0 Å². The zero-order chi connectivity index (χ0) is 27.3. The molecule has 0 aliphatic heterocycles. The van der Waals surface area contributed by atoms with E-state index in [1.807, 2.05) is 6.92 Å². The maximum absolute atomic E-state index is 10.0. The molecule has 0 heterocycles. The van der Waals surface area contributed by atoms with Crippen LogP contribution in [0.1, 0.15) is 53.9 Å². The molecule has 0 aliphatic rings. The summed E-state index contributed by atoms with van der Waals surface area (Å²) in [5.74, 6) is 2.99. The number of halogens is 1. The third kappa shape index (κ3) is 8.64. The number of unbranched alkanes of at least 4 members (excludes halogenated alkanes) is 1. The molecule has 2 aromatic rings. The lowest BCUT2D eigenvalue weighted by atomic mass is 9.96. The number of hydrogen-bond acceptors (Lipinski definition) is 4. The van der Waals surface area contributed by atoms with Crippen molar-refractivity contribution in [2.24, 2.45) is 5.92 Å². The van der Waals surface area contributed by atoms with Gasteiger partial charge in [-0.25, -0.2) is 0 Å². The summed E-state index contributed by atoms with van der Waals surface area (Å²) in [4.78, 5) is 2.77. The number of ether oxygens (including phenoxy) is 2. The van der Waals surface area contributed by atoms with Gasteiger partial charge in [-0.05, 0) is 58.9 Å². The molecule has 0 aliphatic carbocycles. The molecular formula is C31H43BrO4Si. The van der Waals surface area contributed by atoms with Gasteiger partial charge in [0, 0.05) is 35.1 Å². The van der Waals surface area contributed by atoms with Crippen molar-refractivity contribution in [3.63, 3.8) is 0 Å². The van der Waals surface area contributed by atoms with Gasteiger partial charge < -0.3 is 19.0 Å². The molecule has 2 rings (SSSR count). The molecule has 3 atom stereocenters. The number of allylic oxidation sites excluding steroid dienone is 1. The summed E-state index contributed by atoms with van der Waals surface area (Å²) >= 11 is 3.17. The number of benzene rings is 2. The van der Waals surface area contributed by atoms with Crippen molar-refractivity contribution in [1.82, 2.24) is 0 Å². The van der Waals surface area contributed by atoms with Crippen LogP contribution < -0.4 is 10.4 Å². The summed E-state index contributed by atoms with van der Waals surface area (Å²) in [6.45, 7) is 11.2. The molecule has 0 saturated carbocycles. The first-order valence-electron chi connectivity index (χ1n) is 13.0. The summed E-state index contributed by atoms with van der Waals surface area (Å²) in [5.41, 5.74) is 0.834. The van der Waals surface area contributed by atoms with E-state index >= 15 is 0 Å². The first kappa shape index (κ1) is 31.5. The van der Waals surface area contributed by atoms with Crippen LogP contribution >= 0.6 is 15.9 Å². The Kier molecular flexibility index (Phi) is 13.3. The van der Waals surface area contributed by atoms with Crippen LogP contribution in [0.15, 0.2) is 72.3 Å². The predicted molar refractivity (Wildman–Crippen MR) is 160 cm³/mol. The zero-order valence-electron chi connectivity index (χ0n) is 23.2. The lowest BCUT2D eigenvalue weighted by Crippen LogP contribution is -2.67. The van der Waals surface area contributed by atoms with E-state index < -0.39 is 8.32 Å². The van der Waals surface area contributed by atoms with E-state index in [1.54, 1.807) is 7.11 Å². The van der Waals surface area contributed by atoms with Crippen molar-refractivity contribution in [3.8, 4) is 10.8 Å². The first-order chi connectivity index (χ1) is 17.7. The highest BCUT2D eigenvalue weighted by Crippen LogP contribution is 2.38. The lowest BCUT2D eigenvalue weighted by Gasteiger charge is -2.44. The van der Waals surface area contributed by atoms with Crippen LogP contribution in [0.4, 0.5) is 0 Å². The number of aliphatic hydroxyl groups excluding tert-OH is 1. The molecule has 0 aromatic heterocycles. The SMILES string of the molecule is COCO[C@@H](/C(=C/CCC[C@@H](C)O[Si](c1ccccc1)(c1ccccc1)C(C)(C)C)CO)[C@@H](C)C#CBr. The number of methoxy groups -OCH3 is 1. The van der Waals surface area contributed by atoms with Gasteiger partial charge in [-0.2, -0.15) is 0 Å². The summed E-state index contributed by atoms with van der Waals surface area (Å²) in [7, 11) is -0.976. The van der Waals surface area contributed by atoms with Gasteiger partial charge in [0.1, 0.15) is 6.79 Å². The van der Waals surface area contributed by atoms with E-state index in [1.165, 1.54) is 10.4 Å². The summed E-state index contributed by atoms with van der Waals surface area (Å²) in [6, 6.07) is 21.5. The highest BCUT2D eigenvalue weighted by Gasteiger charge is 2.50. The van der Waals surface area contributed by atoms with Gasteiger partial charge in [-0.3, -0.25) is 0 Å². The quantitative estimate of drug-likeness (QED) is 0.0966. The van der Waals surface area contributed by atoms with E-state index in [9.17, 15) is 5.11 Å². The largest absolute Gasteiger partial charge is 0.405 e. The summed E-state index contributed by atoms with van der Waals surface area (Å²) in [5, 5.41) is 12.6. The maximum Gasteiger partial charge on any atom is 0.261 e. The smallest absolute Gasteiger partial charge is 0.261 e. The number of aliphatic hydroxyl groups is 1. The summed E-state index contributed by atoms with van der Waals surface area (Å²) < 4.78 is 18.1. The second-order valence-electron chi connectivity index (χ2n) is 10.5. The minimum Gasteiger partial charge on any atom is -0.405 e. The standard InChI is InChI=1S/C31H43BrO4Si/c1-25(21-22-32)30(35-24-34-6)27(23-33)16-14-13-15-26(2)36-37(31(3,4)5,28-17-9-7-10-18-28)29-19-11-8-12-20-29/h7-12,16-20,25-26,30,33H,13-15,23-24H2,1-6H3/b27-16+/t25-,26+,30+/m0/s1. The Morgan fingerprint density at radius 1 is 1.03 bits per heavy atom. The van der Waals surface area contributed by atoms with E-state index in [-0.39, 0.29) is 36.6 Å². The number of rotatable bonds is 14. The van der Waals surface area contributed by atoms with Crippen LogP contribution in [-0.2, 0) is 13.9 Å². The van der Waals surface area contributed by atoms with Gasteiger partial charge in [0.15, 0.2) is 0 Å². The molecule has 0 saturated heterocycles. The average molecular weight is 588 g/mol. The molecule has 0 radical (unpaired) electrons. The van der Waals surface area contributed by atoms with Gasteiger partial charge in [0.25, 0.3) is 8.32 Å². The molecule has 202 valence electrons. The normalized spacial score (nSPS) is 15.0. The highest BCUT2D eigenvalue weighted by atomic mass is 79.9.